The van der Waals surface area contributed by atoms with Gasteiger partial charge >= 0.3 is 0 Å². The van der Waals surface area contributed by atoms with Gasteiger partial charge in [-0.05, 0) is 43.0 Å². The highest BCUT2D eigenvalue weighted by Crippen LogP contribution is 2.24. The number of nitrogens with one attached hydrogen (secondary N) is 2. The van der Waals surface area contributed by atoms with Gasteiger partial charge in [-0.25, -0.2) is 0 Å². The van der Waals surface area contributed by atoms with Crippen LogP contribution < -0.4 is 16.4 Å². The molecule has 1 aromatic carbocycles. The van der Waals surface area contributed by atoms with Crippen LogP contribution in [0.5, 0.6) is 0 Å². The molecule has 0 bridgehead atoms. The van der Waals surface area contributed by atoms with Crippen LogP contribution in [0.2, 0.25) is 5.02 Å². The van der Waals surface area contributed by atoms with Gasteiger partial charge in [-0.2, -0.15) is 0 Å². The molecule has 3 atom stereocenters. The van der Waals surface area contributed by atoms with Crippen molar-refractivity contribution < 1.29 is 9.59 Å². The molecule has 1 aliphatic carbocycles. The Bertz CT molecular complexity index is 566. The van der Waals surface area contributed by atoms with E-state index in [2.05, 4.69) is 10.6 Å². The van der Waals surface area contributed by atoms with E-state index in [0.29, 0.717) is 17.5 Å². The number of halogens is 2. The maximum Gasteiger partial charge on any atom is 0.222 e. The molecule has 1 fully saturated rings. The van der Waals surface area contributed by atoms with E-state index < -0.39 is 0 Å². The van der Waals surface area contributed by atoms with Gasteiger partial charge in [0.15, 0.2) is 0 Å². The summed E-state index contributed by atoms with van der Waals surface area (Å²) in [6.45, 7) is 2.05. The van der Waals surface area contributed by atoms with E-state index >= 15 is 0 Å². The normalized spacial score (nSPS) is 20.9. The van der Waals surface area contributed by atoms with Crippen LogP contribution in [-0.4, -0.2) is 24.4 Å². The molecule has 7 heteroatoms. The third-order valence-electron chi connectivity index (χ3n) is 4.60. The zero-order valence-electron chi connectivity index (χ0n) is 14.5. The number of carbonyl (C=O) groups excluding carboxylic acids is 2. The molecule has 25 heavy (non-hydrogen) atoms. The average molecular weight is 388 g/mol. The summed E-state index contributed by atoms with van der Waals surface area (Å²) in [5.41, 5.74) is 6.69. The molecular weight excluding hydrogens is 361 g/mol. The van der Waals surface area contributed by atoms with Gasteiger partial charge in [-0.3, -0.25) is 9.59 Å². The van der Waals surface area contributed by atoms with E-state index in [0.717, 1.165) is 24.8 Å². The first kappa shape index (κ1) is 21.7. The van der Waals surface area contributed by atoms with Crippen molar-refractivity contribution in [1.29, 1.82) is 0 Å². The fourth-order valence-corrected chi connectivity index (χ4v) is 3.45. The van der Waals surface area contributed by atoms with Crippen molar-refractivity contribution >= 4 is 35.8 Å². The van der Waals surface area contributed by atoms with Crippen LogP contribution in [0, 0.1) is 5.92 Å². The minimum atomic E-state index is -0.361. The van der Waals surface area contributed by atoms with Crippen molar-refractivity contribution in [2.45, 2.75) is 51.1 Å². The van der Waals surface area contributed by atoms with E-state index in [1.807, 2.05) is 12.1 Å². The summed E-state index contributed by atoms with van der Waals surface area (Å²) in [7, 11) is 0. The standard InChI is InChI=1S/C18H26ClN3O2.ClH/c1-12(23)21-17(13-6-8-15(19)9-7-13)10-18(24)22-16-5-3-2-4-14(16)11-20;/h6-9,14,16-17H,2-5,10-11,20H2,1H3,(H,21,23)(H,22,24);1H. The Balaban J connectivity index is 0.00000312. The molecule has 0 aliphatic heterocycles. The lowest BCUT2D eigenvalue weighted by Gasteiger charge is -2.31. The predicted molar refractivity (Wildman–Crippen MR) is 103 cm³/mol. The number of benzene rings is 1. The molecule has 3 unspecified atom stereocenters. The molecule has 0 spiro atoms. The van der Waals surface area contributed by atoms with Crippen molar-refractivity contribution in [3.8, 4) is 0 Å². The molecule has 0 radical (unpaired) electrons. The third kappa shape index (κ3) is 6.84. The van der Waals surface area contributed by atoms with E-state index in [1.165, 1.54) is 13.3 Å². The minimum absolute atomic E-state index is 0. The van der Waals surface area contributed by atoms with Gasteiger partial charge in [0.2, 0.25) is 11.8 Å². The van der Waals surface area contributed by atoms with Crippen LogP contribution in [0.1, 0.15) is 50.6 Å². The summed E-state index contributed by atoms with van der Waals surface area (Å²) in [6.07, 6.45) is 4.53. The van der Waals surface area contributed by atoms with Crippen LogP contribution >= 0.6 is 24.0 Å². The summed E-state index contributed by atoms with van der Waals surface area (Å²) in [5, 5.41) is 6.57. The maximum absolute atomic E-state index is 12.5. The topological polar surface area (TPSA) is 84.2 Å². The van der Waals surface area contributed by atoms with Gasteiger partial charge in [-0.15, -0.1) is 12.4 Å². The molecule has 5 nitrogen and oxygen atoms in total. The molecule has 140 valence electrons. The van der Waals surface area contributed by atoms with Gasteiger partial charge in [0.05, 0.1) is 12.5 Å². The first-order valence-electron chi connectivity index (χ1n) is 8.51. The highest BCUT2D eigenvalue weighted by Gasteiger charge is 2.26. The van der Waals surface area contributed by atoms with Crippen molar-refractivity contribution in [1.82, 2.24) is 10.6 Å². The molecule has 4 N–H and O–H groups in total. The molecule has 2 rings (SSSR count). The first-order chi connectivity index (χ1) is 11.5. The fraction of sp³-hybridized carbons (Fsp3) is 0.556. The summed E-state index contributed by atoms with van der Waals surface area (Å²) in [6, 6.07) is 6.96. The number of amides is 2. The summed E-state index contributed by atoms with van der Waals surface area (Å²) in [5.74, 6) is 0.117. The Morgan fingerprint density at radius 1 is 1.24 bits per heavy atom. The van der Waals surface area contributed by atoms with Gasteiger partial charge in [0, 0.05) is 18.0 Å². The molecule has 2 amide bonds. The molecule has 0 aromatic heterocycles. The third-order valence-corrected chi connectivity index (χ3v) is 4.85. The van der Waals surface area contributed by atoms with Crippen LogP contribution in [0.15, 0.2) is 24.3 Å². The lowest BCUT2D eigenvalue weighted by Crippen LogP contribution is -2.45. The molecule has 1 saturated carbocycles. The average Bonchev–Trinajstić information content (AvgIpc) is 2.55. The maximum atomic E-state index is 12.5. The Kier molecular flexibility index (Phi) is 9.25. The predicted octanol–water partition coefficient (Wildman–Crippen LogP) is 2.96. The Morgan fingerprint density at radius 3 is 2.48 bits per heavy atom. The second-order valence-electron chi connectivity index (χ2n) is 6.46. The molecule has 1 aromatic rings. The number of nitrogens with two attached hydrogens (primary N) is 1. The summed E-state index contributed by atoms with van der Waals surface area (Å²) >= 11 is 5.91. The van der Waals surface area contributed by atoms with Gasteiger partial charge in [-0.1, -0.05) is 36.6 Å². The number of carbonyl (C=O) groups is 2. The SMILES string of the molecule is CC(=O)NC(CC(=O)NC1CCCCC1CN)c1ccc(Cl)cc1.Cl. The largest absolute Gasteiger partial charge is 0.353 e. The first-order valence-corrected chi connectivity index (χ1v) is 8.89. The van der Waals surface area contributed by atoms with Gasteiger partial charge in [0.25, 0.3) is 0 Å². The molecule has 0 heterocycles. The molecular formula is C18H27Cl2N3O2. The molecule has 1 aliphatic rings. The Morgan fingerprint density at radius 2 is 1.88 bits per heavy atom. The Hall–Kier alpha value is -1.30. The lowest BCUT2D eigenvalue weighted by atomic mass is 9.84. The zero-order valence-corrected chi connectivity index (χ0v) is 16.0. The molecule has 0 saturated heterocycles. The second-order valence-corrected chi connectivity index (χ2v) is 6.90. The smallest absolute Gasteiger partial charge is 0.222 e. The van der Waals surface area contributed by atoms with Crippen molar-refractivity contribution in [3.05, 3.63) is 34.9 Å². The van der Waals surface area contributed by atoms with Gasteiger partial charge < -0.3 is 16.4 Å². The monoisotopic (exact) mass is 387 g/mol. The van der Waals surface area contributed by atoms with Crippen molar-refractivity contribution in [2.24, 2.45) is 11.7 Å². The van der Waals surface area contributed by atoms with E-state index in [1.54, 1.807) is 12.1 Å². The minimum Gasteiger partial charge on any atom is -0.353 e. The van der Waals surface area contributed by atoms with Crippen molar-refractivity contribution in [2.75, 3.05) is 6.54 Å². The van der Waals surface area contributed by atoms with Crippen LogP contribution in [0.25, 0.3) is 0 Å². The van der Waals surface area contributed by atoms with Gasteiger partial charge in [0.1, 0.15) is 0 Å². The van der Waals surface area contributed by atoms with E-state index in [9.17, 15) is 9.59 Å². The summed E-state index contributed by atoms with van der Waals surface area (Å²) in [4.78, 5) is 24.0. The highest BCUT2D eigenvalue weighted by atomic mass is 35.5. The fourth-order valence-electron chi connectivity index (χ4n) is 3.32. The second kappa shape index (κ2) is 10.6. The number of hydrogen-bond acceptors (Lipinski definition) is 3. The summed E-state index contributed by atoms with van der Waals surface area (Å²) < 4.78 is 0. The van der Waals surface area contributed by atoms with Crippen LogP contribution in [0.3, 0.4) is 0 Å². The van der Waals surface area contributed by atoms with Crippen LogP contribution in [-0.2, 0) is 9.59 Å². The quantitative estimate of drug-likeness (QED) is 0.701. The zero-order chi connectivity index (χ0) is 17.5. The van der Waals surface area contributed by atoms with E-state index in [4.69, 9.17) is 17.3 Å². The van der Waals surface area contributed by atoms with Crippen molar-refractivity contribution in [3.63, 3.8) is 0 Å². The lowest BCUT2D eigenvalue weighted by molar-refractivity contribution is -0.123. The Labute approximate surface area is 160 Å². The number of hydrogen-bond donors (Lipinski definition) is 3. The highest BCUT2D eigenvalue weighted by molar-refractivity contribution is 6.30. The van der Waals surface area contributed by atoms with Crippen LogP contribution in [0.4, 0.5) is 0 Å². The number of rotatable bonds is 6. The van der Waals surface area contributed by atoms with E-state index in [-0.39, 0.29) is 42.7 Å².